The molecule has 1 fully saturated rings. The van der Waals surface area contributed by atoms with Gasteiger partial charge in [0.05, 0.1) is 0 Å². The number of halogens is 1. The molecular formula is C16H25ClN2S. The van der Waals surface area contributed by atoms with Gasteiger partial charge in [0, 0.05) is 21.7 Å². The molecular weight excluding hydrogens is 288 g/mol. The Morgan fingerprint density at radius 3 is 2.90 bits per heavy atom. The summed E-state index contributed by atoms with van der Waals surface area (Å²) in [6, 6.07) is 8.45. The molecule has 3 atom stereocenters. The van der Waals surface area contributed by atoms with Crippen LogP contribution in [0.1, 0.15) is 39.0 Å². The van der Waals surface area contributed by atoms with Crippen LogP contribution in [0.3, 0.4) is 0 Å². The third-order valence-corrected chi connectivity index (χ3v) is 5.80. The molecule has 2 rings (SSSR count). The summed E-state index contributed by atoms with van der Waals surface area (Å²) in [7, 11) is 0. The fourth-order valence-electron chi connectivity index (χ4n) is 3.31. The van der Waals surface area contributed by atoms with Crippen molar-refractivity contribution in [2.24, 2.45) is 17.7 Å². The van der Waals surface area contributed by atoms with Gasteiger partial charge in [-0.2, -0.15) is 0 Å². The van der Waals surface area contributed by atoms with Gasteiger partial charge in [0.2, 0.25) is 0 Å². The highest BCUT2D eigenvalue weighted by molar-refractivity contribution is 7.99. The summed E-state index contributed by atoms with van der Waals surface area (Å²) < 4.78 is 0. The average molecular weight is 313 g/mol. The lowest BCUT2D eigenvalue weighted by atomic mass is 9.74. The van der Waals surface area contributed by atoms with Crippen molar-refractivity contribution in [1.29, 1.82) is 0 Å². The largest absolute Gasteiger partial charge is 0.271 e. The number of rotatable bonds is 6. The van der Waals surface area contributed by atoms with E-state index in [0.717, 1.165) is 16.7 Å². The third-order valence-electron chi connectivity index (χ3n) is 4.45. The third kappa shape index (κ3) is 4.39. The van der Waals surface area contributed by atoms with Crippen molar-refractivity contribution in [3.05, 3.63) is 29.3 Å². The monoisotopic (exact) mass is 312 g/mol. The first-order chi connectivity index (χ1) is 9.74. The Kier molecular flexibility index (Phi) is 6.69. The fourth-order valence-corrected chi connectivity index (χ4v) is 4.67. The van der Waals surface area contributed by atoms with Crippen LogP contribution < -0.4 is 11.3 Å². The van der Waals surface area contributed by atoms with E-state index in [1.165, 1.54) is 37.0 Å². The molecule has 4 heteroatoms. The maximum absolute atomic E-state index is 6.03. The lowest BCUT2D eigenvalue weighted by Gasteiger charge is -2.36. The molecule has 1 aliphatic rings. The minimum atomic E-state index is 0.393. The van der Waals surface area contributed by atoms with Crippen molar-refractivity contribution in [3.63, 3.8) is 0 Å². The predicted octanol–water partition coefficient (Wildman–Crippen LogP) is 4.48. The van der Waals surface area contributed by atoms with E-state index in [1.54, 1.807) is 0 Å². The first-order valence-corrected chi connectivity index (χ1v) is 8.95. The van der Waals surface area contributed by atoms with E-state index in [4.69, 9.17) is 17.4 Å². The SMILES string of the molecule is CCC1CCCCC1C(CSc1cccc(Cl)c1)NN. The Labute approximate surface area is 131 Å². The van der Waals surface area contributed by atoms with Gasteiger partial charge in [-0.3, -0.25) is 11.3 Å². The van der Waals surface area contributed by atoms with E-state index in [0.29, 0.717) is 12.0 Å². The Balaban J connectivity index is 1.94. The highest BCUT2D eigenvalue weighted by Gasteiger charge is 2.30. The summed E-state index contributed by atoms with van der Waals surface area (Å²) in [4.78, 5) is 1.22. The van der Waals surface area contributed by atoms with Gasteiger partial charge in [0.1, 0.15) is 0 Å². The molecule has 0 bridgehead atoms. The second-order valence-corrected chi connectivity index (χ2v) is 7.19. The molecule has 112 valence electrons. The highest BCUT2D eigenvalue weighted by atomic mass is 35.5. The van der Waals surface area contributed by atoms with Crippen LogP contribution >= 0.6 is 23.4 Å². The summed E-state index contributed by atoms with van der Waals surface area (Å²) in [6.07, 6.45) is 6.67. The maximum atomic E-state index is 6.03. The van der Waals surface area contributed by atoms with Crippen molar-refractivity contribution in [1.82, 2.24) is 5.43 Å². The van der Waals surface area contributed by atoms with Gasteiger partial charge in [-0.25, -0.2) is 0 Å². The Bertz CT molecular complexity index is 413. The average Bonchev–Trinajstić information content (AvgIpc) is 2.48. The van der Waals surface area contributed by atoms with Crippen LogP contribution in [-0.2, 0) is 0 Å². The van der Waals surface area contributed by atoms with Gasteiger partial charge in [0.25, 0.3) is 0 Å². The minimum Gasteiger partial charge on any atom is -0.271 e. The second-order valence-electron chi connectivity index (χ2n) is 5.66. The first kappa shape index (κ1) is 16.2. The zero-order valence-electron chi connectivity index (χ0n) is 12.1. The summed E-state index contributed by atoms with van der Waals surface area (Å²) in [6.45, 7) is 2.31. The number of thioether (sulfide) groups is 1. The first-order valence-electron chi connectivity index (χ1n) is 7.59. The highest BCUT2D eigenvalue weighted by Crippen LogP contribution is 2.36. The topological polar surface area (TPSA) is 38.0 Å². The molecule has 3 N–H and O–H groups in total. The number of nitrogens with one attached hydrogen (secondary N) is 1. The lowest BCUT2D eigenvalue weighted by Crippen LogP contribution is -2.46. The number of benzene rings is 1. The summed E-state index contributed by atoms with van der Waals surface area (Å²) >= 11 is 7.88. The van der Waals surface area contributed by atoms with Gasteiger partial charge < -0.3 is 0 Å². The summed E-state index contributed by atoms with van der Waals surface area (Å²) in [5.41, 5.74) is 3.07. The molecule has 0 heterocycles. The normalized spacial score (nSPS) is 24.6. The molecule has 20 heavy (non-hydrogen) atoms. The van der Waals surface area contributed by atoms with Crippen molar-refractivity contribution in [2.75, 3.05) is 5.75 Å². The van der Waals surface area contributed by atoms with Crippen molar-refractivity contribution in [2.45, 2.75) is 50.0 Å². The molecule has 0 saturated heterocycles. The van der Waals surface area contributed by atoms with Crippen molar-refractivity contribution < 1.29 is 0 Å². The van der Waals surface area contributed by atoms with Gasteiger partial charge in [-0.15, -0.1) is 11.8 Å². The molecule has 0 aliphatic heterocycles. The zero-order chi connectivity index (χ0) is 14.4. The van der Waals surface area contributed by atoms with Gasteiger partial charge >= 0.3 is 0 Å². The molecule has 1 aromatic carbocycles. The molecule has 1 aromatic rings. The number of hydrogen-bond donors (Lipinski definition) is 2. The van der Waals surface area contributed by atoms with E-state index in [1.807, 2.05) is 30.0 Å². The smallest absolute Gasteiger partial charge is 0.0417 e. The molecule has 2 nitrogen and oxygen atoms in total. The molecule has 0 radical (unpaired) electrons. The quantitative estimate of drug-likeness (QED) is 0.462. The fraction of sp³-hybridized carbons (Fsp3) is 0.625. The molecule has 1 aliphatic carbocycles. The zero-order valence-corrected chi connectivity index (χ0v) is 13.7. The van der Waals surface area contributed by atoms with E-state index in [9.17, 15) is 0 Å². The lowest BCUT2D eigenvalue weighted by molar-refractivity contribution is 0.186. The Hall–Kier alpha value is -0.220. The van der Waals surface area contributed by atoms with Crippen LogP contribution in [0, 0.1) is 11.8 Å². The molecule has 0 spiro atoms. The number of nitrogens with two attached hydrogens (primary N) is 1. The van der Waals surface area contributed by atoms with Crippen LogP contribution in [0.2, 0.25) is 5.02 Å². The van der Waals surface area contributed by atoms with Crippen molar-refractivity contribution >= 4 is 23.4 Å². The van der Waals surface area contributed by atoms with Crippen LogP contribution in [0.5, 0.6) is 0 Å². The van der Waals surface area contributed by atoms with Crippen LogP contribution in [0.4, 0.5) is 0 Å². The van der Waals surface area contributed by atoms with Crippen LogP contribution in [-0.4, -0.2) is 11.8 Å². The maximum Gasteiger partial charge on any atom is 0.0417 e. The van der Waals surface area contributed by atoms with E-state index in [-0.39, 0.29) is 0 Å². The van der Waals surface area contributed by atoms with Crippen LogP contribution in [0.25, 0.3) is 0 Å². The number of hydrazine groups is 1. The van der Waals surface area contributed by atoms with Gasteiger partial charge in [0.15, 0.2) is 0 Å². The van der Waals surface area contributed by atoms with E-state index >= 15 is 0 Å². The Morgan fingerprint density at radius 2 is 2.20 bits per heavy atom. The Morgan fingerprint density at radius 1 is 1.40 bits per heavy atom. The van der Waals surface area contributed by atoms with E-state index in [2.05, 4.69) is 18.4 Å². The van der Waals surface area contributed by atoms with Gasteiger partial charge in [-0.1, -0.05) is 50.3 Å². The molecule has 0 aromatic heterocycles. The summed E-state index contributed by atoms with van der Waals surface area (Å²) in [5, 5.41) is 0.802. The standard InChI is InChI=1S/C16H25ClN2S/c1-2-12-6-3-4-9-15(12)16(19-18)11-20-14-8-5-7-13(17)10-14/h5,7-8,10,12,15-16,19H,2-4,6,9,11,18H2,1H3. The molecule has 0 amide bonds. The number of hydrogen-bond acceptors (Lipinski definition) is 3. The predicted molar refractivity (Wildman–Crippen MR) is 89.0 cm³/mol. The molecule has 3 unspecified atom stereocenters. The van der Waals surface area contributed by atoms with Gasteiger partial charge in [-0.05, 0) is 36.5 Å². The van der Waals surface area contributed by atoms with E-state index < -0.39 is 0 Å². The van der Waals surface area contributed by atoms with Crippen LogP contribution in [0.15, 0.2) is 29.2 Å². The van der Waals surface area contributed by atoms with Crippen molar-refractivity contribution in [3.8, 4) is 0 Å². The second kappa shape index (κ2) is 8.28. The molecule has 1 saturated carbocycles. The minimum absolute atomic E-state index is 0.393. The summed E-state index contributed by atoms with van der Waals surface area (Å²) in [5.74, 6) is 8.37.